The maximum atomic E-state index is 15.1. The zero-order chi connectivity index (χ0) is 24.1. The highest BCUT2D eigenvalue weighted by Gasteiger charge is 2.27. The van der Waals surface area contributed by atoms with E-state index >= 15 is 4.39 Å². The van der Waals surface area contributed by atoms with Crippen LogP contribution in [-0.2, 0) is 6.54 Å². The molecule has 4 rings (SSSR count). The first-order chi connectivity index (χ1) is 16.5. The van der Waals surface area contributed by atoms with Gasteiger partial charge in [-0.3, -0.25) is 4.79 Å². The van der Waals surface area contributed by atoms with E-state index in [1.54, 1.807) is 24.1 Å². The number of halogens is 2. The van der Waals surface area contributed by atoms with E-state index in [9.17, 15) is 9.18 Å². The molecule has 0 radical (unpaired) electrons. The van der Waals surface area contributed by atoms with Crippen LogP contribution in [0.15, 0.2) is 60.8 Å². The molecule has 1 amide bonds. The van der Waals surface area contributed by atoms with Gasteiger partial charge in [0.1, 0.15) is 29.3 Å². The van der Waals surface area contributed by atoms with Crippen LogP contribution in [0.4, 0.5) is 14.6 Å². The number of benzene rings is 2. The van der Waals surface area contributed by atoms with Crippen molar-refractivity contribution >= 4 is 25.2 Å². The molecule has 1 aliphatic heterocycles. The summed E-state index contributed by atoms with van der Waals surface area (Å²) in [5.74, 6) is -0.569. The maximum Gasteiger partial charge on any atom is 0.258 e. The molecule has 1 aliphatic rings. The molecule has 0 fully saturated rings. The summed E-state index contributed by atoms with van der Waals surface area (Å²) in [6, 6.07) is 15.7. The Morgan fingerprint density at radius 3 is 2.60 bits per heavy atom. The molecule has 0 spiro atoms. The molecule has 0 saturated carbocycles. The summed E-state index contributed by atoms with van der Waals surface area (Å²) in [4.78, 5) is 20.4. The lowest BCUT2D eigenvalue weighted by molar-refractivity contribution is 0.0752. The highest BCUT2D eigenvalue weighted by atomic mass is 32.1. The monoisotopic (exact) mass is 500 g/mol. The van der Waals surface area contributed by atoms with Crippen molar-refractivity contribution < 1.29 is 18.3 Å². The van der Waals surface area contributed by atoms with Gasteiger partial charge in [0, 0.05) is 44.7 Å². The number of nitrogens with one attached hydrogen (secondary N) is 1. The molecule has 9 heteroatoms. The number of ether oxygens (including phenoxy) is 1. The molecule has 1 atom stereocenters. The topological polar surface area (TPSA) is 57.7 Å². The van der Waals surface area contributed by atoms with E-state index in [1.165, 1.54) is 17.0 Å². The Labute approximate surface area is 211 Å². The number of hydrogen-bond acceptors (Lipinski definition) is 5. The minimum Gasteiger partial charge on any atom is -0.486 e. The first-order valence-electron chi connectivity index (χ1n) is 11.3. The fourth-order valence-corrected chi connectivity index (χ4v) is 4.03. The van der Waals surface area contributed by atoms with Crippen molar-refractivity contribution in [2.45, 2.75) is 19.1 Å². The van der Waals surface area contributed by atoms with Crippen LogP contribution in [0.3, 0.4) is 0 Å². The molecular weight excluding hydrogens is 470 g/mol. The summed E-state index contributed by atoms with van der Waals surface area (Å²) in [5, 5.41) is 3.12. The molecular formula is C26H30F2N4O2S. The highest BCUT2D eigenvalue weighted by molar-refractivity contribution is 7.59. The number of pyridine rings is 1. The summed E-state index contributed by atoms with van der Waals surface area (Å²) >= 11 is 0. The largest absolute Gasteiger partial charge is 0.486 e. The van der Waals surface area contributed by atoms with Crippen LogP contribution in [0.1, 0.15) is 34.0 Å². The molecule has 2 aromatic carbocycles. The smallest absolute Gasteiger partial charge is 0.258 e. The number of anilines is 1. The summed E-state index contributed by atoms with van der Waals surface area (Å²) in [6.45, 7) is 1.69. The first kappa shape index (κ1) is 26.4. The number of aromatic nitrogens is 1. The van der Waals surface area contributed by atoms with Crippen LogP contribution in [0, 0.1) is 11.6 Å². The van der Waals surface area contributed by atoms with Gasteiger partial charge < -0.3 is 19.9 Å². The van der Waals surface area contributed by atoms with E-state index in [1.807, 2.05) is 37.4 Å². The van der Waals surface area contributed by atoms with E-state index in [0.717, 1.165) is 24.7 Å². The average Bonchev–Trinajstić information content (AvgIpc) is 2.95. The first-order valence-corrected chi connectivity index (χ1v) is 11.3. The van der Waals surface area contributed by atoms with Crippen molar-refractivity contribution in [3.63, 3.8) is 0 Å². The van der Waals surface area contributed by atoms with E-state index in [4.69, 9.17) is 4.74 Å². The van der Waals surface area contributed by atoms with Gasteiger partial charge in [-0.05, 0) is 31.3 Å². The molecule has 1 aromatic heterocycles. The lowest BCUT2D eigenvalue weighted by Gasteiger charge is -2.22. The SMILES string of the molecule is CNCC[C@H](Oc1ccc(CN2CCN(C)c3ncc(F)cc3C2=O)c(F)c1)c1ccccc1.S. The van der Waals surface area contributed by atoms with Gasteiger partial charge in [0.15, 0.2) is 0 Å². The minimum absolute atomic E-state index is 0. The van der Waals surface area contributed by atoms with Gasteiger partial charge >= 0.3 is 0 Å². The summed E-state index contributed by atoms with van der Waals surface area (Å²) < 4.78 is 35.0. The van der Waals surface area contributed by atoms with Gasteiger partial charge in [-0.1, -0.05) is 36.4 Å². The molecule has 186 valence electrons. The number of hydrogen-bond donors (Lipinski definition) is 1. The van der Waals surface area contributed by atoms with Crippen molar-refractivity contribution in [1.82, 2.24) is 15.2 Å². The molecule has 3 aromatic rings. The predicted molar refractivity (Wildman–Crippen MR) is 137 cm³/mol. The minimum atomic E-state index is -0.582. The molecule has 1 N–H and O–H groups in total. The fraction of sp³-hybridized carbons (Fsp3) is 0.308. The van der Waals surface area contributed by atoms with E-state index in [0.29, 0.717) is 30.2 Å². The Morgan fingerprint density at radius 2 is 1.89 bits per heavy atom. The van der Waals surface area contributed by atoms with Crippen molar-refractivity contribution in [3.05, 3.63) is 89.1 Å². The summed E-state index contributed by atoms with van der Waals surface area (Å²) in [6.07, 6.45) is 1.60. The van der Waals surface area contributed by atoms with E-state index < -0.39 is 11.6 Å². The molecule has 0 saturated heterocycles. The average molecular weight is 501 g/mol. The van der Waals surface area contributed by atoms with Crippen LogP contribution in [0.5, 0.6) is 5.75 Å². The zero-order valence-corrected chi connectivity index (χ0v) is 20.8. The maximum absolute atomic E-state index is 15.1. The van der Waals surface area contributed by atoms with Crippen molar-refractivity contribution in [2.75, 3.05) is 38.6 Å². The van der Waals surface area contributed by atoms with Crippen molar-refractivity contribution in [2.24, 2.45) is 0 Å². The van der Waals surface area contributed by atoms with Gasteiger partial charge in [-0.15, -0.1) is 0 Å². The molecule has 2 heterocycles. The Morgan fingerprint density at radius 1 is 1.11 bits per heavy atom. The van der Waals surface area contributed by atoms with Crippen molar-refractivity contribution in [3.8, 4) is 5.75 Å². The van der Waals surface area contributed by atoms with Crippen LogP contribution >= 0.6 is 13.5 Å². The van der Waals surface area contributed by atoms with Crippen LogP contribution < -0.4 is 15.0 Å². The number of carbonyl (C=O) groups excluding carboxylic acids is 1. The molecule has 0 aliphatic carbocycles. The lowest BCUT2D eigenvalue weighted by atomic mass is 10.1. The normalized spacial score (nSPS) is 14.1. The number of likely N-dealkylation sites (N-methyl/N-ethyl adjacent to an activating group) is 1. The predicted octanol–water partition coefficient (Wildman–Crippen LogP) is 4.29. The fourth-order valence-electron chi connectivity index (χ4n) is 4.03. The summed E-state index contributed by atoms with van der Waals surface area (Å²) in [5.41, 5.74) is 1.55. The number of rotatable bonds is 8. The van der Waals surface area contributed by atoms with Gasteiger partial charge in [-0.25, -0.2) is 13.8 Å². The van der Waals surface area contributed by atoms with Gasteiger partial charge in [-0.2, -0.15) is 13.5 Å². The van der Waals surface area contributed by atoms with E-state index in [2.05, 4.69) is 10.3 Å². The molecule has 6 nitrogen and oxygen atoms in total. The van der Waals surface area contributed by atoms with Gasteiger partial charge in [0.2, 0.25) is 0 Å². The third kappa shape index (κ3) is 6.29. The van der Waals surface area contributed by atoms with Crippen LogP contribution in [0.2, 0.25) is 0 Å². The Hall–Kier alpha value is -3.17. The van der Waals surface area contributed by atoms with E-state index in [-0.39, 0.29) is 37.6 Å². The number of amides is 1. The highest BCUT2D eigenvalue weighted by Crippen LogP contribution is 2.28. The number of carbonyl (C=O) groups is 1. The Balaban J connectivity index is 0.00000342. The molecule has 0 unspecified atom stereocenters. The second-order valence-electron chi connectivity index (χ2n) is 8.34. The quantitative estimate of drug-likeness (QED) is 0.500. The number of fused-ring (bicyclic) bond motifs is 1. The standard InChI is InChI=1S/C26H28F2N4O2.H2S/c1-29-11-10-24(18-6-4-3-5-7-18)34-21-9-8-19(23(28)15-21)17-32-13-12-31(2)25-22(26(32)33)14-20(27)16-30-25;/h3-9,14-16,24,29H,10-13,17H2,1-2H3;1H2/t24-;/m0./s1. The van der Waals surface area contributed by atoms with Gasteiger partial charge in [0.25, 0.3) is 5.91 Å². The third-order valence-corrected chi connectivity index (χ3v) is 5.91. The van der Waals surface area contributed by atoms with Crippen LogP contribution in [-0.4, -0.2) is 49.5 Å². The molecule has 0 bridgehead atoms. The Kier molecular flexibility index (Phi) is 9.06. The lowest BCUT2D eigenvalue weighted by Crippen LogP contribution is -2.33. The second-order valence-corrected chi connectivity index (χ2v) is 8.34. The van der Waals surface area contributed by atoms with Gasteiger partial charge in [0.05, 0.1) is 11.8 Å². The Bertz CT molecular complexity index is 1150. The second kappa shape index (κ2) is 12.0. The number of nitrogens with zero attached hydrogens (tertiary/aromatic N) is 3. The third-order valence-electron chi connectivity index (χ3n) is 5.91. The van der Waals surface area contributed by atoms with Crippen LogP contribution in [0.25, 0.3) is 0 Å². The zero-order valence-electron chi connectivity index (χ0n) is 19.8. The van der Waals surface area contributed by atoms with Crippen molar-refractivity contribution in [1.29, 1.82) is 0 Å². The summed E-state index contributed by atoms with van der Waals surface area (Å²) in [7, 11) is 3.67. The molecule has 35 heavy (non-hydrogen) atoms.